The molecule has 0 aliphatic rings. The molecule has 0 aliphatic heterocycles. The molecule has 3 aromatic rings. The fourth-order valence-electron chi connectivity index (χ4n) is 1.74. The second kappa shape index (κ2) is 4.03. The molecule has 88 valence electrons. The topological polar surface area (TPSA) is 71.5 Å². The minimum atomic E-state index is -0.193. The molecule has 0 radical (unpaired) electrons. The van der Waals surface area contributed by atoms with Crippen LogP contribution in [0.2, 0.25) is 0 Å². The summed E-state index contributed by atoms with van der Waals surface area (Å²) in [6.07, 6.45) is 4.81. The standard InChI is InChI=1S/C13H10N4O/c1-8-2-3-11(14-5-8)9-4-10-12(15-6-9)16-7-17-13(10)18/h2-7H,1H3,(H,15,16,17,18). The molecule has 5 heteroatoms. The van der Waals surface area contributed by atoms with Crippen LogP contribution in [0.1, 0.15) is 5.56 Å². The minimum absolute atomic E-state index is 0.193. The highest BCUT2D eigenvalue weighted by molar-refractivity contribution is 5.78. The molecule has 5 nitrogen and oxygen atoms in total. The molecule has 0 bridgehead atoms. The van der Waals surface area contributed by atoms with Crippen LogP contribution in [0.15, 0.2) is 41.7 Å². The van der Waals surface area contributed by atoms with Gasteiger partial charge in [0.15, 0.2) is 5.65 Å². The highest BCUT2D eigenvalue weighted by Crippen LogP contribution is 2.18. The zero-order chi connectivity index (χ0) is 12.5. The second-order valence-corrected chi connectivity index (χ2v) is 4.05. The van der Waals surface area contributed by atoms with E-state index < -0.39 is 0 Å². The van der Waals surface area contributed by atoms with Crippen molar-refractivity contribution in [1.82, 2.24) is 19.9 Å². The van der Waals surface area contributed by atoms with Crippen LogP contribution in [-0.4, -0.2) is 19.9 Å². The summed E-state index contributed by atoms with van der Waals surface area (Å²) in [5.74, 6) is 0. The minimum Gasteiger partial charge on any atom is -0.313 e. The van der Waals surface area contributed by atoms with Crippen molar-refractivity contribution in [2.24, 2.45) is 0 Å². The van der Waals surface area contributed by atoms with E-state index in [9.17, 15) is 4.79 Å². The molecule has 0 aromatic carbocycles. The van der Waals surface area contributed by atoms with E-state index in [1.807, 2.05) is 19.1 Å². The molecule has 0 spiro atoms. The van der Waals surface area contributed by atoms with Crippen LogP contribution >= 0.6 is 0 Å². The van der Waals surface area contributed by atoms with Crippen molar-refractivity contribution in [3.63, 3.8) is 0 Å². The summed E-state index contributed by atoms with van der Waals surface area (Å²) in [4.78, 5) is 26.7. The Morgan fingerprint density at radius 2 is 2.00 bits per heavy atom. The molecule has 0 amide bonds. The van der Waals surface area contributed by atoms with Gasteiger partial charge in [0.05, 0.1) is 17.4 Å². The van der Waals surface area contributed by atoms with E-state index in [2.05, 4.69) is 19.9 Å². The van der Waals surface area contributed by atoms with Crippen LogP contribution in [0.3, 0.4) is 0 Å². The van der Waals surface area contributed by atoms with Gasteiger partial charge in [0.2, 0.25) is 0 Å². The van der Waals surface area contributed by atoms with Gasteiger partial charge in [-0.25, -0.2) is 9.97 Å². The van der Waals surface area contributed by atoms with Gasteiger partial charge >= 0.3 is 0 Å². The molecule has 0 atom stereocenters. The zero-order valence-corrected chi connectivity index (χ0v) is 9.71. The molecule has 3 aromatic heterocycles. The van der Waals surface area contributed by atoms with Gasteiger partial charge in [-0.05, 0) is 24.6 Å². The fraction of sp³-hybridized carbons (Fsp3) is 0.0769. The maximum Gasteiger partial charge on any atom is 0.260 e. The normalized spacial score (nSPS) is 10.7. The van der Waals surface area contributed by atoms with E-state index in [1.165, 1.54) is 6.33 Å². The molecule has 0 fully saturated rings. The lowest BCUT2D eigenvalue weighted by Crippen LogP contribution is -2.07. The summed E-state index contributed by atoms with van der Waals surface area (Å²) in [6.45, 7) is 1.98. The van der Waals surface area contributed by atoms with Crippen molar-refractivity contribution < 1.29 is 0 Å². The van der Waals surface area contributed by atoms with E-state index in [4.69, 9.17) is 0 Å². The monoisotopic (exact) mass is 238 g/mol. The van der Waals surface area contributed by atoms with Gasteiger partial charge in [0.1, 0.15) is 0 Å². The predicted octanol–water partition coefficient (Wildman–Crippen LogP) is 1.69. The van der Waals surface area contributed by atoms with Gasteiger partial charge < -0.3 is 4.98 Å². The number of aryl methyl sites for hydroxylation is 1. The number of aromatic amines is 1. The summed E-state index contributed by atoms with van der Waals surface area (Å²) in [6, 6.07) is 5.63. The van der Waals surface area contributed by atoms with E-state index in [-0.39, 0.29) is 5.56 Å². The van der Waals surface area contributed by atoms with Gasteiger partial charge in [-0.3, -0.25) is 9.78 Å². The maximum absolute atomic E-state index is 11.7. The van der Waals surface area contributed by atoms with Crippen molar-refractivity contribution in [2.45, 2.75) is 6.92 Å². The van der Waals surface area contributed by atoms with Gasteiger partial charge in [-0.15, -0.1) is 0 Å². The lowest BCUT2D eigenvalue weighted by Gasteiger charge is -2.02. The van der Waals surface area contributed by atoms with Crippen LogP contribution in [-0.2, 0) is 0 Å². The van der Waals surface area contributed by atoms with Gasteiger partial charge in [0.25, 0.3) is 5.56 Å². The van der Waals surface area contributed by atoms with Gasteiger partial charge in [0, 0.05) is 18.0 Å². The Morgan fingerprint density at radius 3 is 2.78 bits per heavy atom. The van der Waals surface area contributed by atoms with E-state index in [0.717, 1.165) is 16.8 Å². The average Bonchev–Trinajstić information content (AvgIpc) is 2.40. The SMILES string of the molecule is Cc1ccc(-c2cnc3nc[nH]c(=O)c3c2)nc1. The number of hydrogen-bond acceptors (Lipinski definition) is 4. The van der Waals surface area contributed by atoms with E-state index in [0.29, 0.717) is 11.0 Å². The number of fused-ring (bicyclic) bond motifs is 1. The second-order valence-electron chi connectivity index (χ2n) is 4.05. The van der Waals surface area contributed by atoms with Crippen LogP contribution < -0.4 is 5.56 Å². The number of rotatable bonds is 1. The Kier molecular flexibility index (Phi) is 2.37. The average molecular weight is 238 g/mol. The third kappa shape index (κ3) is 1.75. The molecule has 0 aliphatic carbocycles. The first-order valence-electron chi connectivity index (χ1n) is 5.50. The molecular formula is C13H10N4O. The first kappa shape index (κ1) is 10.6. The number of nitrogens with one attached hydrogen (secondary N) is 1. The number of H-pyrrole nitrogens is 1. The van der Waals surface area contributed by atoms with Gasteiger partial charge in [-0.1, -0.05) is 6.07 Å². The molecular weight excluding hydrogens is 228 g/mol. The zero-order valence-electron chi connectivity index (χ0n) is 9.71. The summed E-state index contributed by atoms with van der Waals surface area (Å²) in [5, 5.41) is 0.470. The third-order valence-corrected chi connectivity index (χ3v) is 2.70. The first-order valence-corrected chi connectivity index (χ1v) is 5.50. The first-order chi connectivity index (χ1) is 8.74. The summed E-state index contributed by atoms with van der Waals surface area (Å²) >= 11 is 0. The Bertz CT molecular complexity index is 762. The van der Waals surface area contributed by atoms with Crippen LogP contribution in [0, 0.1) is 6.92 Å². The Morgan fingerprint density at radius 1 is 1.11 bits per heavy atom. The number of hydrogen-bond donors (Lipinski definition) is 1. The Hall–Kier alpha value is -2.56. The third-order valence-electron chi connectivity index (χ3n) is 2.70. The van der Waals surface area contributed by atoms with Crippen LogP contribution in [0.4, 0.5) is 0 Å². The van der Waals surface area contributed by atoms with Crippen molar-refractivity contribution in [3.8, 4) is 11.3 Å². The highest BCUT2D eigenvalue weighted by atomic mass is 16.1. The fourth-order valence-corrected chi connectivity index (χ4v) is 1.74. The molecule has 3 heterocycles. The molecule has 3 rings (SSSR count). The summed E-state index contributed by atoms with van der Waals surface area (Å²) in [5.41, 5.74) is 2.93. The number of aromatic nitrogens is 4. The molecule has 0 saturated heterocycles. The number of nitrogens with zero attached hydrogens (tertiary/aromatic N) is 3. The van der Waals surface area contributed by atoms with Crippen molar-refractivity contribution >= 4 is 11.0 Å². The summed E-state index contributed by atoms with van der Waals surface area (Å²) in [7, 11) is 0. The smallest absolute Gasteiger partial charge is 0.260 e. The quantitative estimate of drug-likeness (QED) is 0.700. The maximum atomic E-state index is 11.7. The van der Waals surface area contributed by atoms with Crippen LogP contribution in [0.5, 0.6) is 0 Å². The molecule has 0 saturated carbocycles. The predicted molar refractivity (Wildman–Crippen MR) is 68.1 cm³/mol. The van der Waals surface area contributed by atoms with Gasteiger partial charge in [-0.2, -0.15) is 0 Å². The van der Waals surface area contributed by atoms with Crippen LogP contribution in [0.25, 0.3) is 22.3 Å². The van der Waals surface area contributed by atoms with E-state index in [1.54, 1.807) is 18.5 Å². The lowest BCUT2D eigenvalue weighted by atomic mass is 10.1. The largest absolute Gasteiger partial charge is 0.313 e. The summed E-state index contributed by atoms with van der Waals surface area (Å²) < 4.78 is 0. The highest BCUT2D eigenvalue weighted by Gasteiger charge is 2.05. The van der Waals surface area contributed by atoms with E-state index >= 15 is 0 Å². The Balaban J connectivity index is 2.22. The number of pyridine rings is 2. The van der Waals surface area contributed by atoms with Crippen molar-refractivity contribution in [3.05, 3.63) is 52.8 Å². The molecule has 0 unspecified atom stereocenters. The lowest BCUT2D eigenvalue weighted by molar-refractivity contribution is 1.14. The van der Waals surface area contributed by atoms with Crippen molar-refractivity contribution in [2.75, 3.05) is 0 Å². The molecule has 18 heavy (non-hydrogen) atoms. The Labute approximate surface area is 103 Å². The molecule has 1 N–H and O–H groups in total. The van der Waals surface area contributed by atoms with Crippen molar-refractivity contribution in [1.29, 1.82) is 0 Å².